The van der Waals surface area contributed by atoms with Crippen LogP contribution in [-0.2, 0) is 19.9 Å². The number of aryl methyl sites for hydroxylation is 3. The van der Waals surface area contributed by atoms with E-state index in [1.165, 1.54) is 16.8 Å². The summed E-state index contributed by atoms with van der Waals surface area (Å²) < 4.78 is 1.87. The number of hydrogen-bond donors (Lipinski definition) is 1. The molecule has 0 saturated carbocycles. The average molecular weight is 271 g/mol. The third kappa shape index (κ3) is 4.20. The van der Waals surface area contributed by atoms with Gasteiger partial charge in [-0.1, -0.05) is 31.2 Å². The van der Waals surface area contributed by atoms with E-state index in [9.17, 15) is 0 Å². The minimum atomic E-state index is 0.495. The maximum Gasteiger partial charge on any atom is 0.0640 e. The predicted octanol–water partition coefficient (Wildman–Crippen LogP) is 2.88. The van der Waals surface area contributed by atoms with Gasteiger partial charge in [-0.3, -0.25) is 4.68 Å². The van der Waals surface area contributed by atoms with Gasteiger partial charge in [-0.25, -0.2) is 0 Å². The highest BCUT2D eigenvalue weighted by Crippen LogP contribution is 2.12. The van der Waals surface area contributed by atoms with E-state index in [-0.39, 0.29) is 0 Å². The Hall–Kier alpha value is -1.61. The van der Waals surface area contributed by atoms with Gasteiger partial charge in [-0.05, 0) is 43.5 Å². The van der Waals surface area contributed by atoms with Crippen LogP contribution in [0.5, 0.6) is 0 Å². The summed E-state index contributed by atoms with van der Waals surface area (Å²) in [6.45, 7) is 5.36. The summed E-state index contributed by atoms with van der Waals surface area (Å²) >= 11 is 0. The lowest BCUT2D eigenvalue weighted by Gasteiger charge is -2.17. The first-order valence-corrected chi connectivity index (χ1v) is 7.45. The second kappa shape index (κ2) is 7.25. The second-order valence-corrected chi connectivity index (χ2v) is 5.40. The van der Waals surface area contributed by atoms with Crippen LogP contribution in [0.15, 0.2) is 36.5 Å². The first-order valence-electron chi connectivity index (χ1n) is 7.45. The first kappa shape index (κ1) is 14.8. The van der Waals surface area contributed by atoms with Gasteiger partial charge in [-0.2, -0.15) is 5.10 Å². The lowest BCUT2D eigenvalue weighted by atomic mass is 9.99. The van der Waals surface area contributed by atoms with Gasteiger partial charge in [-0.15, -0.1) is 0 Å². The quantitative estimate of drug-likeness (QED) is 0.839. The molecule has 1 atom stereocenters. The summed E-state index contributed by atoms with van der Waals surface area (Å²) in [5, 5.41) is 8.06. The molecule has 0 aliphatic heterocycles. The maximum atomic E-state index is 4.48. The van der Waals surface area contributed by atoms with Gasteiger partial charge < -0.3 is 5.32 Å². The zero-order valence-corrected chi connectivity index (χ0v) is 12.8. The Bertz CT molecular complexity index is 531. The average Bonchev–Trinajstić information content (AvgIpc) is 2.83. The molecule has 20 heavy (non-hydrogen) atoms. The fraction of sp³-hybridized carbons (Fsp3) is 0.471. The molecule has 0 fully saturated rings. The Balaban J connectivity index is 1.94. The molecule has 0 spiro atoms. The number of likely N-dealkylation sites (N-methyl/N-ethyl adjacent to an activating group) is 1. The number of nitrogens with one attached hydrogen (secondary N) is 1. The molecule has 1 aromatic heterocycles. The molecule has 1 unspecified atom stereocenters. The van der Waals surface area contributed by atoms with Crippen molar-refractivity contribution >= 4 is 0 Å². The lowest BCUT2D eigenvalue weighted by molar-refractivity contribution is 0.484. The smallest absolute Gasteiger partial charge is 0.0640 e. The molecule has 0 aliphatic rings. The molecule has 3 nitrogen and oxygen atoms in total. The number of aromatic nitrogens is 2. The molecule has 0 amide bonds. The van der Waals surface area contributed by atoms with E-state index in [1.807, 2.05) is 17.9 Å². The summed E-state index contributed by atoms with van der Waals surface area (Å²) in [6, 6.07) is 11.3. The first-order chi connectivity index (χ1) is 9.69. The molecular formula is C17H25N3. The van der Waals surface area contributed by atoms with Crippen molar-refractivity contribution in [3.05, 3.63) is 53.3 Å². The van der Waals surface area contributed by atoms with Crippen LogP contribution in [-0.4, -0.2) is 22.4 Å². The third-order valence-corrected chi connectivity index (χ3v) is 3.74. The van der Waals surface area contributed by atoms with Crippen LogP contribution in [0, 0.1) is 6.92 Å². The van der Waals surface area contributed by atoms with E-state index < -0.39 is 0 Å². The van der Waals surface area contributed by atoms with Crippen LogP contribution in [0.4, 0.5) is 0 Å². The summed E-state index contributed by atoms with van der Waals surface area (Å²) in [4.78, 5) is 0. The SMILES string of the molecule is CCNC(CCc1ccccc1C)Cc1ccn(C)n1. The van der Waals surface area contributed by atoms with E-state index in [0.29, 0.717) is 6.04 Å². The van der Waals surface area contributed by atoms with Crippen molar-refractivity contribution in [3.8, 4) is 0 Å². The van der Waals surface area contributed by atoms with Crippen LogP contribution >= 0.6 is 0 Å². The highest BCUT2D eigenvalue weighted by atomic mass is 15.2. The number of benzene rings is 1. The third-order valence-electron chi connectivity index (χ3n) is 3.74. The van der Waals surface area contributed by atoms with Crippen molar-refractivity contribution in [2.24, 2.45) is 7.05 Å². The van der Waals surface area contributed by atoms with Crippen LogP contribution in [0.3, 0.4) is 0 Å². The van der Waals surface area contributed by atoms with Crippen molar-refractivity contribution in [1.82, 2.24) is 15.1 Å². The maximum absolute atomic E-state index is 4.48. The van der Waals surface area contributed by atoms with E-state index in [2.05, 4.69) is 54.6 Å². The summed E-state index contributed by atoms with van der Waals surface area (Å²) in [7, 11) is 1.97. The standard InChI is InChI=1S/C17H25N3/c1-4-18-16(13-17-11-12-20(3)19-17)10-9-15-8-6-5-7-14(15)2/h5-8,11-12,16,18H,4,9-10,13H2,1-3H3. The molecule has 108 valence electrons. The van der Waals surface area contributed by atoms with Gasteiger partial charge in [0.1, 0.15) is 0 Å². The molecule has 0 saturated heterocycles. The number of nitrogens with zero attached hydrogens (tertiary/aromatic N) is 2. The fourth-order valence-corrected chi connectivity index (χ4v) is 2.61. The Morgan fingerprint density at radius 3 is 2.70 bits per heavy atom. The van der Waals surface area contributed by atoms with Gasteiger partial charge in [0.15, 0.2) is 0 Å². The van der Waals surface area contributed by atoms with Gasteiger partial charge in [0.05, 0.1) is 5.69 Å². The fourth-order valence-electron chi connectivity index (χ4n) is 2.61. The minimum Gasteiger partial charge on any atom is -0.314 e. The zero-order chi connectivity index (χ0) is 14.4. The molecule has 0 bridgehead atoms. The Kier molecular flexibility index (Phi) is 5.36. The largest absolute Gasteiger partial charge is 0.314 e. The van der Waals surface area contributed by atoms with Crippen molar-refractivity contribution in [1.29, 1.82) is 0 Å². The van der Waals surface area contributed by atoms with Crippen LogP contribution in [0.25, 0.3) is 0 Å². The van der Waals surface area contributed by atoms with Crippen LogP contribution in [0.2, 0.25) is 0 Å². The topological polar surface area (TPSA) is 29.9 Å². The highest BCUT2D eigenvalue weighted by molar-refractivity contribution is 5.25. The van der Waals surface area contributed by atoms with Gasteiger partial charge in [0.25, 0.3) is 0 Å². The van der Waals surface area contributed by atoms with Crippen molar-refractivity contribution in [2.75, 3.05) is 6.54 Å². The van der Waals surface area contributed by atoms with Crippen molar-refractivity contribution < 1.29 is 0 Å². The predicted molar refractivity (Wildman–Crippen MR) is 83.9 cm³/mol. The number of rotatable bonds is 7. The van der Waals surface area contributed by atoms with E-state index in [0.717, 1.165) is 25.8 Å². The van der Waals surface area contributed by atoms with Gasteiger partial charge in [0.2, 0.25) is 0 Å². The molecule has 0 aliphatic carbocycles. The molecule has 2 aromatic rings. The molecular weight excluding hydrogens is 246 g/mol. The Morgan fingerprint density at radius 2 is 2.05 bits per heavy atom. The monoisotopic (exact) mass is 271 g/mol. The summed E-state index contributed by atoms with van der Waals surface area (Å²) in [5.74, 6) is 0. The van der Waals surface area contributed by atoms with Crippen molar-refractivity contribution in [3.63, 3.8) is 0 Å². The second-order valence-electron chi connectivity index (χ2n) is 5.40. The molecule has 1 heterocycles. The molecule has 1 aromatic carbocycles. The minimum absolute atomic E-state index is 0.495. The lowest BCUT2D eigenvalue weighted by Crippen LogP contribution is -2.31. The van der Waals surface area contributed by atoms with Crippen LogP contribution < -0.4 is 5.32 Å². The van der Waals surface area contributed by atoms with E-state index in [4.69, 9.17) is 0 Å². The molecule has 1 N–H and O–H groups in total. The normalized spacial score (nSPS) is 12.6. The van der Waals surface area contributed by atoms with Gasteiger partial charge >= 0.3 is 0 Å². The summed E-state index contributed by atoms with van der Waals surface area (Å²) in [6.07, 6.45) is 5.28. The Labute approximate surface area is 122 Å². The van der Waals surface area contributed by atoms with Crippen LogP contribution in [0.1, 0.15) is 30.2 Å². The molecule has 2 rings (SSSR count). The van der Waals surface area contributed by atoms with E-state index in [1.54, 1.807) is 0 Å². The zero-order valence-electron chi connectivity index (χ0n) is 12.8. The molecule has 3 heteroatoms. The highest BCUT2D eigenvalue weighted by Gasteiger charge is 2.11. The van der Waals surface area contributed by atoms with Crippen molar-refractivity contribution in [2.45, 2.75) is 39.2 Å². The molecule has 0 radical (unpaired) electrons. The number of hydrogen-bond acceptors (Lipinski definition) is 2. The Morgan fingerprint density at radius 1 is 1.25 bits per heavy atom. The van der Waals surface area contributed by atoms with E-state index >= 15 is 0 Å². The van der Waals surface area contributed by atoms with Gasteiger partial charge in [0, 0.05) is 25.7 Å². The summed E-state index contributed by atoms with van der Waals surface area (Å²) in [5.41, 5.74) is 4.01.